The summed E-state index contributed by atoms with van der Waals surface area (Å²) in [5.41, 5.74) is 2.99. The molecule has 0 bridgehead atoms. The smallest absolute Gasteiger partial charge is 0.257 e. The Kier molecular flexibility index (Phi) is 4.78. The lowest BCUT2D eigenvalue weighted by atomic mass is 10.1. The number of carbonyl (C=O) groups is 2. The molecule has 4 aromatic heterocycles. The molecule has 0 radical (unpaired) electrons. The first kappa shape index (κ1) is 19.1. The summed E-state index contributed by atoms with van der Waals surface area (Å²) in [5, 5.41) is 8.68. The molecule has 4 aromatic rings. The predicted molar refractivity (Wildman–Crippen MR) is 113 cm³/mol. The van der Waals surface area contributed by atoms with E-state index >= 15 is 0 Å². The highest BCUT2D eigenvalue weighted by Gasteiger charge is 2.27. The van der Waals surface area contributed by atoms with Crippen molar-refractivity contribution in [3.05, 3.63) is 65.9 Å². The third-order valence-corrected chi connectivity index (χ3v) is 5.50. The Balaban J connectivity index is 1.41. The Bertz CT molecular complexity index is 1270. The van der Waals surface area contributed by atoms with Crippen molar-refractivity contribution in [1.29, 1.82) is 0 Å². The number of hydrogen-bond donors (Lipinski definition) is 0. The van der Waals surface area contributed by atoms with Crippen molar-refractivity contribution in [1.82, 2.24) is 34.3 Å². The van der Waals surface area contributed by atoms with E-state index in [1.165, 1.54) is 10.9 Å². The van der Waals surface area contributed by atoms with Crippen LogP contribution in [-0.4, -0.2) is 59.0 Å². The van der Waals surface area contributed by atoms with Crippen LogP contribution in [-0.2, 0) is 13.5 Å². The van der Waals surface area contributed by atoms with Gasteiger partial charge in [-0.1, -0.05) is 6.07 Å². The minimum Gasteiger partial charge on any atom is -0.339 e. The molecule has 0 unspecified atom stereocenters. The standard InChI is InChI=1S/C22H21N7O2/c1-27-20(17(13-24-27)22(31)28-9-2-3-10-28)18(30)11-15-6-7-19-25-21(26-29(19)14-15)16-5-4-8-23-12-16/h4-8,12-14H,2-3,9-11H2,1H3. The van der Waals surface area contributed by atoms with Gasteiger partial charge in [0, 0.05) is 50.7 Å². The molecule has 0 N–H and O–H groups in total. The van der Waals surface area contributed by atoms with Crippen LogP contribution in [0, 0.1) is 0 Å². The molecule has 5 heterocycles. The third kappa shape index (κ3) is 3.58. The summed E-state index contributed by atoms with van der Waals surface area (Å²) in [6.07, 6.45) is 8.82. The molecule has 0 spiro atoms. The van der Waals surface area contributed by atoms with E-state index in [0.29, 0.717) is 22.7 Å². The Hall–Kier alpha value is -3.88. The van der Waals surface area contributed by atoms with Crippen LogP contribution in [0.2, 0.25) is 0 Å². The highest BCUT2D eigenvalue weighted by Crippen LogP contribution is 2.19. The molecule has 1 saturated heterocycles. The second-order valence-electron chi connectivity index (χ2n) is 7.65. The number of aromatic nitrogens is 6. The summed E-state index contributed by atoms with van der Waals surface area (Å²) >= 11 is 0. The monoisotopic (exact) mass is 415 g/mol. The van der Waals surface area contributed by atoms with Gasteiger partial charge in [-0.2, -0.15) is 5.10 Å². The van der Waals surface area contributed by atoms with Crippen LogP contribution in [0.3, 0.4) is 0 Å². The summed E-state index contributed by atoms with van der Waals surface area (Å²) in [6, 6.07) is 7.41. The fourth-order valence-corrected chi connectivity index (χ4v) is 3.93. The number of ketones is 1. The first-order valence-electron chi connectivity index (χ1n) is 10.2. The van der Waals surface area contributed by atoms with Crippen molar-refractivity contribution < 1.29 is 9.59 Å². The van der Waals surface area contributed by atoms with E-state index in [4.69, 9.17) is 0 Å². The quantitative estimate of drug-likeness (QED) is 0.464. The van der Waals surface area contributed by atoms with Gasteiger partial charge in [0.1, 0.15) is 5.69 Å². The first-order chi connectivity index (χ1) is 15.1. The van der Waals surface area contributed by atoms with E-state index in [9.17, 15) is 9.59 Å². The van der Waals surface area contributed by atoms with E-state index in [0.717, 1.165) is 37.1 Å². The Morgan fingerprint density at radius 2 is 1.94 bits per heavy atom. The van der Waals surface area contributed by atoms with Crippen LogP contribution in [0.1, 0.15) is 39.3 Å². The average Bonchev–Trinajstić information content (AvgIpc) is 3.53. The number of likely N-dealkylation sites (tertiary alicyclic amines) is 1. The van der Waals surface area contributed by atoms with E-state index in [2.05, 4.69) is 20.2 Å². The van der Waals surface area contributed by atoms with Gasteiger partial charge in [-0.05, 0) is 36.6 Å². The number of rotatable bonds is 5. The van der Waals surface area contributed by atoms with Gasteiger partial charge in [0.05, 0.1) is 11.8 Å². The highest BCUT2D eigenvalue weighted by atomic mass is 16.2. The average molecular weight is 415 g/mol. The summed E-state index contributed by atoms with van der Waals surface area (Å²) < 4.78 is 3.14. The molecule has 31 heavy (non-hydrogen) atoms. The fourth-order valence-electron chi connectivity index (χ4n) is 3.93. The molecule has 1 aliphatic heterocycles. The molecular weight excluding hydrogens is 394 g/mol. The van der Waals surface area contributed by atoms with Crippen LogP contribution >= 0.6 is 0 Å². The van der Waals surface area contributed by atoms with Crippen LogP contribution in [0.15, 0.2) is 49.1 Å². The zero-order chi connectivity index (χ0) is 21.4. The topological polar surface area (TPSA) is 98.3 Å². The molecule has 5 rings (SSSR count). The van der Waals surface area contributed by atoms with Gasteiger partial charge < -0.3 is 4.90 Å². The van der Waals surface area contributed by atoms with Gasteiger partial charge in [0.25, 0.3) is 5.91 Å². The number of hydrogen-bond acceptors (Lipinski definition) is 6. The van der Waals surface area contributed by atoms with Crippen LogP contribution < -0.4 is 0 Å². The van der Waals surface area contributed by atoms with Gasteiger partial charge in [0.2, 0.25) is 0 Å². The second kappa shape index (κ2) is 7.75. The maximum absolute atomic E-state index is 13.1. The predicted octanol–water partition coefficient (Wildman–Crippen LogP) is 2.19. The maximum atomic E-state index is 13.1. The molecule has 0 aromatic carbocycles. The molecule has 1 amide bonds. The lowest BCUT2D eigenvalue weighted by molar-refractivity contribution is 0.0786. The molecule has 0 atom stereocenters. The summed E-state index contributed by atoms with van der Waals surface area (Å²) in [5.74, 6) is 0.290. The minimum atomic E-state index is -0.158. The first-order valence-corrected chi connectivity index (χ1v) is 10.2. The molecule has 156 valence electrons. The number of nitrogens with zero attached hydrogens (tertiary/aromatic N) is 7. The van der Waals surface area contributed by atoms with Gasteiger partial charge in [-0.25, -0.2) is 9.50 Å². The number of aryl methyl sites for hydroxylation is 1. The lowest BCUT2D eigenvalue weighted by Gasteiger charge is -2.15. The van der Waals surface area contributed by atoms with Crippen molar-refractivity contribution in [3.8, 4) is 11.4 Å². The summed E-state index contributed by atoms with van der Waals surface area (Å²) in [7, 11) is 1.69. The largest absolute Gasteiger partial charge is 0.339 e. The Morgan fingerprint density at radius 1 is 1.10 bits per heavy atom. The maximum Gasteiger partial charge on any atom is 0.257 e. The zero-order valence-electron chi connectivity index (χ0n) is 17.1. The molecular formula is C22H21N7O2. The highest BCUT2D eigenvalue weighted by molar-refractivity contribution is 6.07. The molecule has 1 fully saturated rings. The zero-order valence-corrected chi connectivity index (χ0v) is 17.1. The van der Waals surface area contributed by atoms with Crippen LogP contribution in [0.25, 0.3) is 17.0 Å². The van der Waals surface area contributed by atoms with Crippen molar-refractivity contribution in [2.75, 3.05) is 13.1 Å². The molecule has 1 aliphatic rings. The van der Waals surface area contributed by atoms with E-state index in [1.54, 1.807) is 35.1 Å². The number of pyridine rings is 2. The molecule has 9 nitrogen and oxygen atoms in total. The minimum absolute atomic E-state index is 0.123. The number of fused-ring (bicyclic) bond motifs is 1. The SMILES string of the molecule is Cn1ncc(C(=O)N2CCCC2)c1C(=O)Cc1ccc2nc(-c3cccnc3)nn2c1. The number of carbonyl (C=O) groups excluding carboxylic acids is 2. The normalized spacial score (nSPS) is 13.8. The molecule has 9 heteroatoms. The number of Topliss-reactive ketones (excluding diaryl/α,β-unsaturated/α-hetero) is 1. The van der Waals surface area contributed by atoms with Crippen molar-refractivity contribution >= 4 is 17.3 Å². The van der Waals surface area contributed by atoms with Crippen molar-refractivity contribution in [2.24, 2.45) is 7.05 Å². The molecule has 0 aliphatic carbocycles. The Morgan fingerprint density at radius 3 is 2.71 bits per heavy atom. The van der Waals surface area contributed by atoms with Gasteiger partial charge >= 0.3 is 0 Å². The third-order valence-electron chi connectivity index (χ3n) is 5.50. The Labute approximate surface area is 178 Å². The molecule has 0 saturated carbocycles. The van der Waals surface area contributed by atoms with Crippen molar-refractivity contribution in [3.63, 3.8) is 0 Å². The van der Waals surface area contributed by atoms with Gasteiger partial charge in [0.15, 0.2) is 17.3 Å². The number of amides is 1. The summed E-state index contributed by atoms with van der Waals surface area (Å²) in [4.78, 5) is 36.4. The second-order valence-corrected chi connectivity index (χ2v) is 7.65. The fraction of sp³-hybridized carbons (Fsp3) is 0.273. The summed E-state index contributed by atoms with van der Waals surface area (Å²) in [6.45, 7) is 1.45. The van der Waals surface area contributed by atoms with Gasteiger partial charge in [-0.3, -0.25) is 19.3 Å². The van der Waals surface area contributed by atoms with Crippen LogP contribution in [0.5, 0.6) is 0 Å². The van der Waals surface area contributed by atoms with Crippen LogP contribution in [0.4, 0.5) is 0 Å². The van der Waals surface area contributed by atoms with E-state index in [-0.39, 0.29) is 18.1 Å². The van der Waals surface area contributed by atoms with E-state index in [1.807, 2.05) is 24.3 Å². The van der Waals surface area contributed by atoms with Gasteiger partial charge in [-0.15, -0.1) is 5.10 Å². The lowest BCUT2D eigenvalue weighted by Crippen LogP contribution is -2.29. The van der Waals surface area contributed by atoms with E-state index < -0.39 is 0 Å². The van der Waals surface area contributed by atoms with Crippen molar-refractivity contribution in [2.45, 2.75) is 19.3 Å².